The fourth-order valence-electron chi connectivity index (χ4n) is 4.98. The molecule has 1 aromatic heterocycles. The van der Waals surface area contributed by atoms with Gasteiger partial charge in [0.05, 0.1) is 21.0 Å². The number of nitro benzene ring substituents is 1. The van der Waals surface area contributed by atoms with E-state index in [0.29, 0.717) is 6.54 Å². The number of nitro groups is 1. The second kappa shape index (κ2) is 12.1. The molecule has 6 rings (SSSR count). The fourth-order valence-corrected chi connectivity index (χ4v) is 6.05. The molecule has 0 saturated carbocycles. The lowest BCUT2D eigenvalue weighted by Gasteiger charge is -2.20. The molecule has 0 fully saturated rings. The van der Waals surface area contributed by atoms with Crippen LogP contribution in [0.25, 0.3) is 17.0 Å². The van der Waals surface area contributed by atoms with E-state index >= 15 is 0 Å². The third-order valence-corrected chi connectivity index (χ3v) is 8.15. The first-order valence-electron chi connectivity index (χ1n) is 13.4. The molecule has 2 heterocycles. The minimum atomic E-state index is -0.370. The molecule has 0 saturated heterocycles. The Balaban J connectivity index is 1.20. The van der Waals surface area contributed by atoms with Crippen molar-refractivity contribution in [2.75, 3.05) is 4.90 Å². The van der Waals surface area contributed by atoms with E-state index in [4.69, 9.17) is 0 Å². The topological polar surface area (TPSA) is 50.3 Å². The molecule has 0 aliphatic carbocycles. The summed E-state index contributed by atoms with van der Waals surface area (Å²) in [7, 11) is 0. The van der Waals surface area contributed by atoms with Crippen LogP contribution >= 0.6 is 11.8 Å². The van der Waals surface area contributed by atoms with Gasteiger partial charge in [-0.05, 0) is 47.5 Å². The first kappa shape index (κ1) is 26.3. The number of thioether (sulfide) groups is 1. The molecule has 200 valence electrons. The van der Waals surface area contributed by atoms with Crippen molar-refractivity contribution in [1.82, 2.24) is 0 Å². The average molecular weight is 555 g/mol. The Bertz CT molecular complexity index is 1790. The SMILES string of the molecule is O=[N+]([O-])c1ccc(C[n+]2ccc(/C=C/C=C/C=C3\Sc4ccccc4N3Cc3ccccc3)c3ccccc32)cc1. The van der Waals surface area contributed by atoms with Gasteiger partial charge in [0.25, 0.3) is 5.69 Å². The molecule has 0 radical (unpaired) electrons. The molecule has 0 N–H and O–H groups in total. The van der Waals surface area contributed by atoms with Gasteiger partial charge in [0.15, 0.2) is 12.7 Å². The van der Waals surface area contributed by atoms with Gasteiger partial charge in [-0.25, -0.2) is 0 Å². The Morgan fingerprint density at radius 1 is 0.780 bits per heavy atom. The Hall–Kier alpha value is -4.94. The summed E-state index contributed by atoms with van der Waals surface area (Å²) in [5, 5.41) is 13.3. The number of aromatic nitrogens is 1. The molecule has 1 aliphatic heterocycles. The molecule has 0 bridgehead atoms. The van der Waals surface area contributed by atoms with E-state index < -0.39 is 0 Å². The van der Waals surface area contributed by atoms with Gasteiger partial charge >= 0.3 is 0 Å². The second-order valence-electron chi connectivity index (χ2n) is 9.73. The quantitative estimate of drug-likeness (QED) is 0.0838. The third-order valence-electron chi connectivity index (χ3n) is 7.02. The average Bonchev–Trinajstić information content (AvgIpc) is 3.35. The van der Waals surface area contributed by atoms with E-state index in [1.54, 1.807) is 23.9 Å². The zero-order valence-corrected chi connectivity index (χ0v) is 23.2. The number of hydrogen-bond donors (Lipinski definition) is 0. The third kappa shape index (κ3) is 5.98. The van der Waals surface area contributed by atoms with Gasteiger partial charge in [0.2, 0.25) is 5.52 Å². The largest absolute Gasteiger partial charge is 0.331 e. The number of para-hydroxylation sites is 2. The molecular formula is C35H28N3O2S+. The molecule has 5 aromatic rings. The second-order valence-corrected chi connectivity index (χ2v) is 10.8. The van der Waals surface area contributed by atoms with Crippen LogP contribution in [0.2, 0.25) is 0 Å². The van der Waals surface area contributed by atoms with Crippen molar-refractivity contribution in [3.63, 3.8) is 0 Å². The van der Waals surface area contributed by atoms with Crippen molar-refractivity contribution in [2.24, 2.45) is 0 Å². The monoisotopic (exact) mass is 554 g/mol. The van der Waals surface area contributed by atoms with Crippen LogP contribution in [0.1, 0.15) is 16.7 Å². The molecule has 41 heavy (non-hydrogen) atoms. The number of rotatable bonds is 8. The number of non-ortho nitro benzene ring substituents is 1. The molecule has 4 aromatic carbocycles. The zero-order valence-electron chi connectivity index (χ0n) is 22.3. The van der Waals surface area contributed by atoms with Crippen LogP contribution < -0.4 is 9.47 Å². The predicted octanol–water partition coefficient (Wildman–Crippen LogP) is 8.31. The number of pyridine rings is 1. The number of allylic oxidation sites excluding steroid dienone is 4. The highest BCUT2D eigenvalue weighted by Crippen LogP contribution is 2.46. The molecule has 0 atom stereocenters. The van der Waals surface area contributed by atoms with Crippen LogP contribution in [0.4, 0.5) is 11.4 Å². The van der Waals surface area contributed by atoms with Gasteiger partial charge in [-0.3, -0.25) is 10.1 Å². The lowest BCUT2D eigenvalue weighted by molar-refractivity contribution is -0.662. The van der Waals surface area contributed by atoms with E-state index in [2.05, 4.69) is 119 Å². The summed E-state index contributed by atoms with van der Waals surface area (Å²) in [6, 6.07) is 36.3. The number of nitrogens with zero attached hydrogens (tertiary/aromatic N) is 3. The number of fused-ring (bicyclic) bond motifs is 2. The Kier molecular flexibility index (Phi) is 7.74. The summed E-state index contributed by atoms with van der Waals surface area (Å²) in [6.07, 6.45) is 12.6. The number of hydrogen-bond acceptors (Lipinski definition) is 4. The normalized spacial score (nSPS) is 14.0. The lowest BCUT2D eigenvalue weighted by Crippen LogP contribution is -2.34. The van der Waals surface area contributed by atoms with Crippen molar-refractivity contribution in [3.8, 4) is 0 Å². The Labute approximate surface area is 243 Å². The minimum Gasteiger partial charge on any atom is -0.331 e. The van der Waals surface area contributed by atoms with Crippen LogP contribution in [0.3, 0.4) is 0 Å². The standard InChI is InChI=1S/C35H28N3O2S/c39-38(40)30-21-19-28(20-22-30)25-36-24-23-29(31-14-7-8-15-32(31)36)13-5-2-6-18-35-37(26-27-11-3-1-4-12-27)33-16-9-10-17-34(33)41-35/h1-24H,25-26H2/q+1. The summed E-state index contributed by atoms with van der Waals surface area (Å²) in [6.45, 7) is 1.46. The van der Waals surface area contributed by atoms with Gasteiger partial charge in [-0.1, -0.05) is 90.7 Å². The van der Waals surface area contributed by atoms with Gasteiger partial charge in [-0.2, -0.15) is 4.57 Å². The minimum absolute atomic E-state index is 0.104. The molecular weight excluding hydrogens is 526 g/mol. The Morgan fingerprint density at radius 2 is 1.54 bits per heavy atom. The van der Waals surface area contributed by atoms with Crippen LogP contribution in [-0.2, 0) is 13.1 Å². The maximum Gasteiger partial charge on any atom is 0.269 e. The van der Waals surface area contributed by atoms with E-state index in [0.717, 1.165) is 28.6 Å². The molecule has 6 heteroatoms. The van der Waals surface area contributed by atoms with Crippen molar-refractivity contribution < 1.29 is 9.49 Å². The molecule has 5 nitrogen and oxygen atoms in total. The zero-order chi connectivity index (χ0) is 28.0. The summed E-state index contributed by atoms with van der Waals surface area (Å²) < 4.78 is 2.17. The van der Waals surface area contributed by atoms with E-state index in [1.165, 1.54) is 21.2 Å². The highest BCUT2D eigenvalue weighted by molar-refractivity contribution is 8.03. The molecule has 0 spiro atoms. The van der Waals surface area contributed by atoms with E-state index in [9.17, 15) is 10.1 Å². The maximum absolute atomic E-state index is 11.0. The smallest absolute Gasteiger partial charge is 0.269 e. The van der Waals surface area contributed by atoms with Crippen molar-refractivity contribution in [3.05, 3.63) is 172 Å². The maximum atomic E-state index is 11.0. The first-order valence-corrected chi connectivity index (χ1v) is 14.3. The number of anilines is 1. The van der Waals surface area contributed by atoms with Crippen LogP contribution in [0.15, 0.2) is 150 Å². The summed E-state index contributed by atoms with van der Waals surface area (Å²) in [5.74, 6) is 0. The van der Waals surface area contributed by atoms with Crippen LogP contribution in [-0.4, -0.2) is 4.92 Å². The lowest BCUT2D eigenvalue weighted by atomic mass is 10.1. The van der Waals surface area contributed by atoms with Crippen LogP contribution in [0, 0.1) is 10.1 Å². The Morgan fingerprint density at radius 3 is 2.37 bits per heavy atom. The van der Waals surface area contributed by atoms with Gasteiger partial charge in [0.1, 0.15) is 0 Å². The highest BCUT2D eigenvalue weighted by atomic mass is 32.2. The van der Waals surface area contributed by atoms with Crippen molar-refractivity contribution in [1.29, 1.82) is 0 Å². The summed E-state index contributed by atoms with van der Waals surface area (Å²) >= 11 is 1.80. The summed E-state index contributed by atoms with van der Waals surface area (Å²) in [5.41, 5.74) is 5.88. The van der Waals surface area contributed by atoms with Crippen LogP contribution in [0.5, 0.6) is 0 Å². The molecule has 1 aliphatic rings. The van der Waals surface area contributed by atoms with Crippen molar-refractivity contribution in [2.45, 2.75) is 18.0 Å². The first-order chi connectivity index (χ1) is 20.2. The van der Waals surface area contributed by atoms with Gasteiger partial charge in [-0.15, -0.1) is 0 Å². The van der Waals surface area contributed by atoms with Gasteiger partial charge < -0.3 is 4.90 Å². The van der Waals surface area contributed by atoms with Crippen molar-refractivity contribution >= 4 is 40.1 Å². The fraction of sp³-hybridized carbons (Fsp3) is 0.0571. The van der Waals surface area contributed by atoms with E-state index in [1.807, 2.05) is 24.3 Å². The number of benzene rings is 4. The molecule has 0 amide bonds. The predicted molar refractivity (Wildman–Crippen MR) is 168 cm³/mol. The highest BCUT2D eigenvalue weighted by Gasteiger charge is 2.24. The van der Waals surface area contributed by atoms with E-state index in [-0.39, 0.29) is 10.6 Å². The molecule has 0 unspecified atom stereocenters. The summed E-state index contributed by atoms with van der Waals surface area (Å²) in [4.78, 5) is 14.3. The van der Waals surface area contributed by atoms with Gasteiger partial charge in [0, 0.05) is 41.3 Å².